The Morgan fingerprint density at radius 1 is 0.971 bits per heavy atom. The van der Waals surface area contributed by atoms with E-state index >= 15 is 0 Å². The molecule has 9 heteroatoms. The predicted molar refractivity (Wildman–Crippen MR) is 125 cm³/mol. The molecule has 0 spiro atoms. The number of carbonyl (C=O) groups is 1. The van der Waals surface area contributed by atoms with Crippen LogP contribution < -0.4 is 11.1 Å². The summed E-state index contributed by atoms with van der Waals surface area (Å²) in [5.74, 6) is -0.754. The Balaban J connectivity index is 1.80. The SMILES string of the molecule is N/C(=C\C(=Nc1ccccc1Cl)c1ccc(C(=O)NCCc2ccccc2F)cc1)C(F)(F)F. The van der Waals surface area contributed by atoms with E-state index < -0.39 is 17.8 Å². The van der Waals surface area contributed by atoms with Crippen LogP contribution >= 0.6 is 11.6 Å². The monoisotopic (exact) mass is 489 g/mol. The summed E-state index contributed by atoms with van der Waals surface area (Å²) in [5, 5.41) is 2.94. The van der Waals surface area contributed by atoms with Crippen molar-refractivity contribution in [2.75, 3.05) is 6.54 Å². The molecule has 1 amide bonds. The molecule has 3 N–H and O–H groups in total. The van der Waals surface area contributed by atoms with Crippen molar-refractivity contribution in [3.8, 4) is 0 Å². The molecule has 0 atom stereocenters. The third kappa shape index (κ3) is 6.68. The van der Waals surface area contributed by atoms with E-state index in [0.29, 0.717) is 23.6 Å². The van der Waals surface area contributed by atoms with Gasteiger partial charge in [0.2, 0.25) is 0 Å². The maximum absolute atomic E-state index is 13.7. The third-order valence-electron chi connectivity index (χ3n) is 4.79. The van der Waals surface area contributed by atoms with Crippen LogP contribution in [-0.4, -0.2) is 24.3 Å². The van der Waals surface area contributed by atoms with Gasteiger partial charge >= 0.3 is 6.18 Å². The molecule has 0 bridgehead atoms. The number of halogens is 5. The number of allylic oxidation sites excluding steroid dienone is 2. The molecule has 176 valence electrons. The number of carbonyl (C=O) groups excluding carboxylic acids is 1. The lowest BCUT2D eigenvalue weighted by molar-refractivity contribution is -0.0925. The summed E-state index contributed by atoms with van der Waals surface area (Å²) in [6.45, 7) is 0.214. The maximum Gasteiger partial charge on any atom is 0.430 e. The van der Waals surface area contributed by atoms with Gasteiger partial charge in [-0.25, -0.2) is 9.38 Å². The number of aliphatic imine (C=N–C) groups is 1. The van der Waals surface area contributed by atoms with Crippen molar-refractivity contribution in [3.63, 3.8) is 0 Å². The molecule has 0 unspecified atom stereocenters. The van der Waals surface area contributed by atoms with Gasteiger partial charge in [0, 0.05) is 17.7 Å². The van der Waals surface area contributed by atoms with Gasteiger partial charge in [0.15, 0.2) is 0 Å². The second-order valence-electron chi connectivity index (χ2n) is 7.22. The van der Waals surface area contributed by atoms with E-state index in [1.165, 1.54) is 30.3 Å². The molecule has 0 aliphatic carbocycles. The number of alkyl halides is 3. The summed E-state index contributed by atoms with van der Waals surface area (Å²) in [6.07, 6.45) is -3.71. The summed E-state index contributed by atoms with van der Waals surface area (Å²) in [6, 6.07) is 18.5. The standard InChI is InChI=1S/C25H20ClF4N3O/c26-19-6-2-4-8-21(19)33-22(15-23(31)25(28,29)30)17-9-11-18(12-10-17)24(34)32-14-13-16-5-1-3-7-20(16)27/h1-12,15H,13-14,31H2,(H,32,34)/b23-15-,33-22?. The first kappa shape index (κ1) is 25.0. The van der Waals surface area contributed by atoms with Gasteiger partial charge in [-0.05, 0) is 48.4 Å². The van der Waals surface area contributed by atoms with E-state index in [1.54, 1.807) is 42.5 Å². The minimum absolute atomic E-state index is 0.0746. The van der Waals surface area contributed by atoms with Crippen molar-refractivity contribution >= 4 is 28.9 Å². The van der Waals surface area contributed by atoms with Gasteiger partial charge in [0.1, 0.15) is 11.5 Å². The first-order valence-corrected chi connectivity index (χ1v) is 10.5. The zero-order valence-electron chi connectivity index (χ0n) is 17.7. The summed E-state index contributed by atoms with van der Waals surface area (Å²) in [4.78, 5) is 16.7. The van der Waals surface area contributed by atoms with Crippen molar-refractivity contribution in [1.82, 2.24) is 5.32 Å². The Morgan fingerprint density at radius 3 is 2.24 bits per heavy atom. The highest BCUT2D eigenvalue weighted by Crippen LogP contribution is 2.27. The van der Waals surface area contributed by atoms with E-state index in [1.807, 2.05) is 0 Å². The summed E-state index contributed by atoms with van der Waals surface area (Å²) in [7, 11) is 0. The number of benzene rings is 3. The van der Waals surface area contributed by atoms with E-state index in [9.17, 15) is 22.4 Å². The molecule has 0 saturated heterocycles. The van der Waals surface area contributed by atoms with Crippen LogP contribution in [0, 0.1) is 5.82 Å². The molecule has 4 nitrogen and oxygen atoms in total. The van der Waals surface area contributed by atoms with E-state index in [4.69, 9.17) is 17.3 Å². The molecule has 3 rings (SSSR count). The van der Waals surface area contributed by atoms with Crippen LogP contribution in [0.4, 0.5) is 23.2 Å². The topological polar surface area (TPSA) is 67.5 Å². The van der Waals surface area contributed by atoms with Crippen molar-refractivity contribution in [2.24, 2.45) is 10.7 Å². The van der Waals surface area contributed by atoms with Crippen LogP contribution in [0.25, 0.3) is 0 Å². The number of nitrogens with one attached hydrogen (secondary N) is 1. The molecule has 0 heterocycles. The number of para-hydroxylation sites is 1. The molecule has 0 fully saturated rings. The Morgan fingerprint density at radius 2 is 1.59 bits per heavy atom. The number of amides is 1. The summed E-state index contributed by atoms with van der Waals surface area (Å²) in [5.41, 5.74) is 5.13. The smallest absolute Gasteiger partial charge is 0.395 e. The molecule has 0 aliphatic heterocycles. The fraction of sp³-hybridized carbons (Fsp3) is 0.120. The minimum Gasteiger partial charge on any atom is -0.395 e. The predicted octanol–water partition coefficient (Wildman–Crippen LogP) is 5.98. The summed E-state index contributed by atoms with van der Waals surface area (Å²) >= 11 is 6.09. The highest BCUT2D eigenvalue weighted by atomic mass is 35.5. The first-order valence-electron chi connectivity index (χ1n) is 10.1. The Hall–Kier alpha value is -3.65. The number of hydrogen-bond acceptors (Lipinski definition) is 3. The lowest BCUT2D eigenvalue weighted by Crippen LogP contribution is -2.26. The van der Waals surface area contributed by atoms with Crippen LogP contribution in [0.2, 0.25) is 5.02 Å². The maximum atomic E-state index is 13.7. The molecular formula is C25H20ClF4N3O. The van der Waals surface area contributed by atoms with Crippen molar-refractivity contribution < 1.29 is 22.4 Å². The van der Waals surface area contributed by atoms with Gasteiger partial charge in [0.05, 0.1) is 16.4 Å². The molecule has 3 aromatic rings. The van der Waals surface area contributed by atoms with Gasteiger partial charge in [-0.15, -0.1) is 0 Å². The van der Waals surface area contributed by atoms with Gasteiger partial charge in [-0.2, -0.15) is 13.2 Å². The van der Waals surface area contributed by atoms with Crippen molar-refractivity contribution in [2.45, 2.75) is 12.6 Å². The van der Waals surface area contributed by atoms with Gasteiger partial charge in [0.25, 0.3) is 5.91 Å². The Labute approximate surface area is 198 Å². The number of rotatable bonds is 7. The zero-order valence-corrected chi connectivity index (χ0v) is 18.5. The number of nitrogens with zero attached hydrogens (tertiary/aromatic N) is 1. The average molecular weight is 490 g/mol. The Bertz CT molecular complexity index is 1220. The average Bonchev–Trinajstić information content (AvgIpc) is 2.80. The molecule has 34 heavy (non-hydrogen) atoms. The molecule has 0 radical (unpaired) electrons. The normalized spacial score (nSPS) is 12.5. The number of hydrogen-bond donors (Lipinski definition) is 2. The van der Waals surface area contributed by atoms with Gasteiger partial charge in [-0.1, -0.05) is 54.1 Å². The summed E-state index contributed by atoms with van der Waals surface area (Å²) < 4.78 is 52.8. The molecule has 3 aromatic carbocycles. The molecule has 0 saturated carbocycles. The van der Waals surface area contributed by atoms with Gasteiger partial charge in [-0.3, -0.25) is 4.79 Å². The van der Waals surface area contributed by atoms with Crippen molar-refractivity contribution in [3.05, 3.63) is 112 Å². The molecule has 0 aliphatic rings. The third-order valence-corrected chi connectivity index (χ3v) is 5.11. The lowest BCUT2D eigenvalue weighted by Gasteiger charge is -2.10. The molecule has 0 aromatic heterocycles. The highest BCUT2D eigenvalue weighted by Gasteiger charge is 2.31. The second kappa shape index (κ2) is 11.0. The zero-order chi connectivity index (χ0) is 24.7. The molecular weight excluding hydrogens is 470 g/mol. The fourth-order valence-electron chi connectivity index (χ4n) is 2.99. The first-order chi connectivity index (χ1) is 16.1. The van der Waals surface area contributed by atoms with Crippen LogP contribution in [0.5, 0.6) is 0 Å². The minimum atomic E-state index is -4.74. The second-order valence-corrected chi connectivity index (χ2v) is 7.63. The Kier molecular flexibility index (Phi) is 8.07. The van der Waals surface area contributed by atoms with Gasteiger partial charge < -0.3 is 11.1 Å². The largest absolute Gasteiger partial charge is 0.430 e. The van der Waals surface area contributed by atoms with Crippen LogP contribution in [0.3, 0.4) is 0 Å². The van der Waals surface area contributed by atoms with Crippen LogP contribution in [-0.2, 0) is 6.42 Å². The van der Waals surface area contributed by atoms with Crippen LogP contribution in [0.15, 0.2) is 89.6 Å². The van der Waals surface area contributed by atoms with E-state index in [2.05, 4.69) is 10.3 Å². The van der Waals surface area contributed by atoms with Crippen molar-refractivity contribution in [1.29, 1.82) is 0 Å². The lowest BCUT2D eigenvalue weighted by atomic mass is 10.1. The van der Waals surface area contributed by atoms with E-state index in [-0.39, 0.29) is 34.3 Å². The number of nitrogens with two attached hydrogens (primary N) is 1. The van der Waals surface area contributed by atoms with Crippen LogP contribution in [0.1, 0.15) is 21.5 Å². The fourth-order valence-corrected chi connectivity index (χ4v) is 3.17. The highest BCUT2D eigenvalue weighted by molar-refractivity contribution is 6.33. The quantitative estimate of drug-likeness (QED) is 0.317. The van der Waals surface area contributed by atoms with E-state index in [0.717, 1.165) is 0 Å².